The van der Waals surface area contributed by atoms with Gasteiger partial charge in [0.1, 0.15) is 24.1 Å². The zero-order chi connectivity index (χ0) is 51.7. The third-order valence-corrected chi connectivity index (χ3v) is 16.7. The van der Waals surface area contributed by atoms with Gasteiger partial charge in [-0.25, -0.2) is 9.59 Å². The van der Waals surface area contributed by atoms with E-state index in [9.17, 15) is 35.8 Å². The molecule has 1 heterocycles. The molecule has 2 aromatic carbocycles. The zero-order valence-electron chi connectivity index (χ0n) is 43.0. The van der Waals surface area contributed by atoms with Gasteiger partial charge in [-0.2, -0.15) is 22.0 Å². The minimum absolute atomic E-state index is 0.157. The fourth-order valence-corrected chi connectivity index (χ4v) is 13.3. The lowest BCUT2D eigenvalue weighted by molar-refractivity contribution is -0.340. The van der Waals surface area contributed by atoms with Crippen LogP contribution in [0, 0.1) is 23.2 Å². The third kappa shape index (κ3) is 14.6. The van der Waals surface area contributed by atoms with Gasteiger partial charge in [-0.1, -0.05) is 69.7 Å². The Hall–Kier alpha value is -3.02. The van der Waals surface area contributed by atoms with Gasteiger partial charge in [-0.3, -0.25) is 4.21 Å². The van der Waals surface area contributed by atoms with E-state index in [2.05, 4.69) is 19.1 Å². The average molecular weight is 1030 g/mol. The summed E-state index contributed by atoms with van der Waals surface area (Å²) < 4.78 is 121. The number of unbranched alkanes of at least 4 members (excludes halogenated alkanes) is 6. The summed E-state index contributed by atoms with van der Waals surface area (Å²) in [6.07, 6.45) is -0.289. The molecule has 3 fully saturated rings. The van der Waals surface area contributed by atoms with Gasteiger partial charge in [0.05, 0.1) is 37.1 Å². The number of ether oxygens (including phenoxy) is 7. The molecule has 0 bridgehead atoms. The van der Waals surface area contributed by atoms with E-state index in [0.29, 0.717) is 47.2 Å². The van der Waals surface area contributed by atoms with E-state index in [4.69, 9.17) is 33.2 Å². The highest BCUT2D eigenvalue weighted by molar-refractivity contribution is 7.84. The Balaban J connectivity index is 1.14. The SMILES string of the molecule is COC(=O)[C@H]1O[C@@H](O[C@H]2CC[C@H]3[C@@H]4[C@H](CCCCCCCCCS(=O)CCCC(F)(F)C(F)(F)F)Cc5cc(OC(=O)c6ccccc6)ccc5[C@H]4CC[C@]23C)[C@H](OC(C)C)[C@@H](OC(C)C)[C@@H]1OC(C)C. The molecule has 1 saturated heterocycles. The Morgan fingerprint density at radius 2 is 1.39 bits per heavy atom. The van der Waals surface area contributed by atoms with Crippen molar-refractivity contribution in [3.8, 4) is 5.75 Å². The number of esters is 2. The Morgan fingerprint density at radius 3 is 2.04 bits per heavy atom. The number of methoxy groups -OCH3 is 1. The molecule has 2 saturated carbocycles. The lowest BCUT2D eigenvalue weighted by atomic mass is 9.52. The lowest BCUT2D eigenvalue weighted by Gasteiger charge is -2.54. The van der Waals surface area contributed by atoms with Gasteiger partial charge in [0.15, 0.2) is 12.4 Å². The highest BCUT2D eigenvalue weighted by Gasteiger charge is 2.60. The van der Waals surface area contributed by atoms with E-state index >= 15 is 0 Å². The summed E-state index contributed by atoms with van der Waals surface area (Å²) in [6.45, 7) is 14.0. The molecule has 0 N–H and O–H groups in total. The number of hydrogen-bond acceptors (Lipinski definition) is 10. The van der Waals surface area contributed by atoms with Crippen LogP contribution >= 0.6 is 0 Å². The van der Waals surface area contributed by atoms with Crippen molar-refractivity contribution >= 4 is 22.7 Å². The Bertz CT molecular complexity index is 2030. The van der Waals surface area contributed by atoms with E-state index in [1.807, 2.05) is 65.8 Å². The predicted molar refractivity (Wildman–Crippen MR) is 262 cm³/mol. The summed E-state index contributed by atoms with van der Waals surface area (Å²) in [6, 6.07) is 15.2. The molecule has 1 aliphatic heterocycles. The molecule has 10 nitrogen and oxygen atoms in total. The van der Waals surface area contributed by atoms with Crippen molar-refractivity contribution in [1.29, 1.82) is 0 Å². The number of fused-ring (bicyclic) bond motifs is 5. The first-order valence-electron chi connectivity index (χ1n) is 26.2. The highest BCUT2D eigenvalue weighted by Crippen LogP contribution is 2.64. The molecule has 0 amide bonds. The molecule has 6 rings (SSSR count). The molecule has 0 aromatic heterocycles. The Labute approximate surface area is 420 Å². The molecule has 16 heteroatoms. The molecular formula is C55H79F5O10S. The van der Waals surface area contributed by atoms with Gasteiger partial charge in [-0.05, 0) is 157 Å². The van der Waals surface area contributed by atoms with Gasteiger partial charge in [0.25, 0.3) is 0 Å². The highest BCUT2D eigenvalue weighted by atomic mass is 32.2. The molecule has 3 aliphatic carbocycles. The first-order valence-corrected chi connectivity index (χ1v) is 27.7. The lowest BCUT2D eigenvalue weighted by Crippen LogP contribution is -2.65. The first-order chi connectivity index (χ1) is 33.6. The van der Waals surface area contributed by atoms with E-state index in [-0.39, 0.29) is 35.6 Å². The maximum absolute atomic E-state index is 13.5. The molecule has 1 unspecified atom stereocenters. The van der Waals surface area contributed by atoms with E-state index in [1.165, 1.54) is 18.2 Å². The Kier molecular flexibility index (Phi) is 20.5. The van der Waals surface area contributed by atoms with E-state index in [0.717, 1.165) is 77.0 Å². The van der Waals surface area contributed by atoms with Crippen molar-refractivity contribution in [3.05, 3.63) is 65.2 Å². The second-order valence-electron chi connectivity index (χ2n) is 21.4. The predicted octanol–water partition coefficient (Wildman–Crippen LogP) is 12.5. The van der Waals surface area contributed by atoms with Crippen molar-refractivity contribution in [2.45, 2.75) is 218 Å². The monoisotopic (exact) mass is 1030 g/mol. The van der Waals surface area contributed by atoms with Crippen molar-refractivity contribution in [3.63, 3.8) is 0 Å². The number of benzene rings is 2. The van der Waals surface area contributed by atoms with Crippen LogP contribution in [0.4, 0.5) is 22.0 Å². The summed E-state index contributed by atoms with van der Waals surface area (Å²) in [7, 11) is -0.0825. The first kappa shape index (κ1) is 57.3. The molecule has 0 radical (unpaired) electrons. The minimum atomic E-state index is -5.59. The van der Waals surface area contributed by atoms with E-state index in [1.54, 1.807) is 12.1 Å². The van der Waals surface area contributed by atoms with Gasteiger partial charge in [-0.15, -0.1) is 0 Å². The fourth-order valence-electron chi connectivity index (χ4n) is 12.1. The smallest absolute Gasteiger partial charge is 0.453 e. The number of halogens is 5. The second kappa shape index (κ2) is 25.5. The number of carbonyl (C=O) groups is 2. The van der Waals surface area contributed by atoms with Crippen molar-refractivity contribution in [1.82, 2.24) is 0 Å². The maximum Gasteiger partial charge on any atom is 0.453 e. The van der Waals surface area contributed by atoms with Crippen LogP contribution in [0.1, 0.15) is 166 Å². The van der Waals surface area contributed by atoms with Gasteiger partial charge in [0.2, 0.25) is 0 Å². The molecule has 0 spiro atoms. The minimum Gasteiger partial charge on any atom is -0.467 e. The van der Waals surface area contributed by atoms with Crippen LogP contribution in [0.3, 0.4) is 0 Å². The van der Waals surface area contributed by atoms with Gasteiger partial charge < -0.3 is 33.2 Å². The van der Waals surface area contributed by atoms with Gasteiger partial charge in [0, 0.05) is 28.7 Å². The molecule has 12 atom stereocenters. The topological polar surface area (TPSA) is 116 Å². The molecule has 71 heavy (non-hydrogen) atoms. The van der Waals surface area contributed by atoms with Crippen LogP contribution in [0.15, 0.2) is 48.5 Å². The molecule has 400 valence electrons. The largest absolute Gasteiger partial charge is 0.467 e. The normalized spacial score (nSPS) is 29.2. The van der Waals surface area contributed by atoms with Crippen molar-refractivity contribution in [2.75, 3.05) is 18.6 Å². The standard InChI is InChI=1S/C55H79F5O10S/c1-34(2)65-46-47(66-35(3)4)49(67-36(5)6)52(70-48(46)51(62)64-8)69-44-26-25-43-45-38(22-15-12-10-9-11-13-18-30-71(63)31-19-28-54(56,57)55(58,59)60)32-39-33-40(68-50(61)37-20-16-14-17-21-37)23-24-41(39)42(45)27-29-53(43,44)7/h14,16-17,20-21,23-24,33-36,38,42-49,52H,9-13,15,18-19,22,25-32H2,1-8H3/t38-,42-,43+,44+,45-,46+,47+,48+,49-,52-,53+,71?/m1/s1. The maximum atomic E-state index is 13.5. The fraction of sp³-hybridized carbons (Fsp3) is 0.745. The van der Waals surface area contributed by atoms with Crippen LogP contribution < -0.4 is 4.74 Å². The van der Waals surface area contributed by atoms with E-state index < -0.39 is 78.4 Å². The molecule has 2 aromatic rings. The molecule has 4 aliphatic rings. The molecular weight excluding hydrogens is 948 g/mol. The summed E-state index contributed by atoms with van der Waals surface area (Å²) in [5, 5.41) is 0. The summed E-state index contributed by atoms with van der Waals surface area (Å²) in [4.78, 5) is 26.6. The van der Waals surface area contributed by atoms with Crippen molar-refractivity contribution in [2.24, 2.45) is 23.2 Å². The average Bonchev–Trinajstić information content (AvgIpc) is 3.64. The number of rotatable bonds is 25. The quantitative estimate of drug-likeness (QED) is 0.0412. The Morgan fingerprint density at radius 1 is 0.775 bits per heavy atom. The number of carbonyl (C=O) groups excluding carboxylic acids is 2. The van der Waals surface area contributed by atoms with Crippen LogP contribution in [0.5, 0.6) is 5.75 Å². The van der Waals surface area contributed by atoms with Crippen LogP contribution in [-0.4, -0.2) is 102 Å². The number of hydrogen-bond donors (Lipinski definition) is 0. The third-order valence-electron chi connectivity index (χ3n) is 15.2. The van der Waals surface area contributed by atoms with Crippen LogP contribution in [-0.2, 0) is 50.4 Å². The van der Waals surface area contributed by atoms with Crippen LogP contribution in [0.2, 0.25) is 0 Å². The second-order valence-corrected chi connectivity index (χ2v) is 23.1. The van der Waals surface area contributed by atoms with Gasteiger partial charge >= 0.3 is 24.0 Å². The van der Waals surface area contributed by atoms with Crippen LogP contribution in [0.25, 0.3) is 0 Å². The summed E-state index contributed by atoms with van der Waals surface area (Å²) >= 11 is 0. The zero-order valence-corrected chi connectivity index (χ0v) is 43.8. The van der Waals surface area contributed by atoms with Crippen molar-refractivity contribution < 1.29 is 68.9 Å². The number of alkyl halides is 5. The summed E-state index contributed by atoms with van der Waals surface area (Å²) in [5.41, 5.74) is 2.84. The summed E-state index contributed by atoms with van der Waals surface area (Å²) in [5.74, 6) is -3.62.